The fraction of sp³-hybridized carbons (Fsp3) is 0.417. The minimum Gasteiger partial charge on any atom is -0.465 e. The highest BCUT2D eigenvalue weighted by Gasteiger charge is 2.32. The largest absolute Gasteiger partial charge is 0.465 e. The lowest BCUT2D eigenvalue weighted by atomic mass is 10.0. The van der Waals surface area contributed by atoms with Gasteiger partial charge in [0.15, 0.2) is 0 Å². The van der Waals surface area contributed by atoms with Crippen molar-refractivity contribution in [3.63, 3.8) is 0 Å². The van der Waals surface area contributed by atoms with E-state index in [1.54, 1.807) is 0 Å². The van der Waals surface area contributed by atoms with Crippen LogP contribution in [0.15, 0.2) is 24.3 Å². The number of halogens is 3. The number of hydrogen-bond acceptors (Lipinski definition) is 3. The SMILES string of the molecule is CN(C)S(=O)(=O)CC(NC(=O)O)c1cccc(C(F)(F)F)c1. The number of amides is 1. The Bertz CT molecular complexity index is 644. The summed E-state index contributed by atoms with van der Waals surface area (Å²) in [6, 6.07) is 2.57. The van der Waals surface area contributed by atoms with Crippen LogP contribution in [0.3, 0.4) is 0 Å². The van der Waals surface area contributed by atoms with E-state index in [0.717, 1.165) is 22.5 Å². The summed E-state index contributed by atoms with van der Waals surface area (Å²) in [4.78, 5) is 10.8. The number of carbonyl (C=O) groups is 1. The highest BCUT2D eigenvalue weighted by Crippen LogP contribution is 2.31. The Kier molecular flexibility index (Phi) is 5.41. The zero-order valence-corrected chi connectivity index (χ0v) is 12.6. The van der Waals surface area contributed by atoms with Gasteiger partial charge in [0.05, 0.1) is 17.4 Å². The van der Waals surface area contributed by atoms with E-state index in [1.165, 1.54) is 20.2 Å². The summed E-state index contributed by atoms with van der Waals surface area (Å²) in [5.41, 5.74) is -1.06. The zero-order valence-electron chi connectivity index (χ0n) is 11.8. The van der Waals surface area contributed by atoms with Crippen molar-refractivity contribution in [2.75, 3.05) is 19.8 Å². The minimum absolute atomic E-state index is 0.0809. The topological polar surface area (TPSA) is 86.7 Å². The monoisotopic (exact) mass is 340 g/mol. The molecule has 1 amide bonds. The molecule has 10 heteroatoms. The standard InChI is InChI=1S/C12H15F3N2O4S/c1-17(2)22(20,21)7-10(16-11(18)19)8-4-3-5-9(6-8)12(13,14)15/h3-6,10,16H,7H2,1-2H3,(H,18,19). The Labute approximate surface area is 125 Å². The maximum Gasteiger partial charge on any atom is 0.416 e. The van der Waals surface area contributed by atoms with E-state index in [2.05, 4.69) is 0 Å². The lowest BCUT2D eigenvalue weighted by molar-refractivity contribution is -0.137. The second kappa shape index (κ2) is 6.53. The highest BCUT2D eigenvalue weighted by atomic mass is 32.2. The minimum atomic E-state index is -4.61. The molecular weight excluding hydrogens is 325 g/mol. The van der Waals surface area contributed by atoms with Crippen LogP contribution < -0.4 is 5.32 Å². The first-order valence-corrected chi connectivity index (χ1v) is 7.61. The Balaban J connectivity index is 3.21. The van der Waals surface area contributed by atoms with Gasteiger partial charge in [-0.15, -0.1) is 0 Å². The second-order valence-corrected chi connectivity index (χ2v) is 6.91. The van der Waals surface area contributed by atoms with Crippen molar-refractivity contribution < 1.29 is 31.5 Å². The number of nitrogens with one attached hydrogen (secondary N) is 1. The van der Waals surface area contributed by atoms with E-state index in [0.29, 0.717) is 0 Å². The van der Waals surface area contributed by atoms with Crippen molar-refractivity contribution in [1.82, 2.24) is 9.62 Å². The highest BCUT2D eigenvalue weighted by molar-refractivity contribution is 7.89. The van der Waals surface area contributed by atoms with Gasteiger partial charge in [0.2, 0.25) is 10.0 Å². The number of carboxylic acid groups (broad SMARTS) is 1. The quantitative estimate of drug-likeness (QED) is 0.857. The molecule has 1 aromatic carbocycles. The van der Waals surface area contributed by atoms with Crippen molar-refractivity contribution in [1.29, 1.82) is 0 Å². The molecule has 0 aliphatic rings. The molecule has 0 radical (unpaired) electrons. The zero-order chi connectivity index (χ0) is 17.1. The average Bonchev–Trinajstić information content (AvgIpc) is 2.36. The Hall–Kier alpha value is -1.81. The van der Waals surface area contributed by atoms with E-state index in [1.807, 2.05) is 5.32 Å². The molecule has 0 saturated heterocycles. The number of sulfonamides is 1. The molecule has 124 valence electrons. The summed E-state index contributed by atoms with van der Waals surface area (Å²) in [7, 11) is -1.31. The molecule has 1 rings (SSSR count). The molecule has 0 aliphatic carbocycles. The van der Waals surface area contributed by atoms with Crippen LogP contribution in [-0.4, -0.2) is 43.8 Å². The maximum absolute atomic E-state index is 12.7. The first kappa shape index (κ1) is 18.2. The maximum atomic E-state index is 12.7. The number of nitrogens with zero attached hydrogens (tertiary/aromatic N) is 1. The van der Waals surface area contributed by atoms with Gasteiger partial charge in [-0.25, -0.2) is 17.5 Å². The molecule has 6 nitrogen and oxygen atoms in total. The molecule has 0 spiro atoms. The Morgan fingerprint density at radius 1 is 1.36 bits per heavy atom. The number of hydrogen-bond donors (Lipinski definition) is 2. The summed E-state index contributed by atoms with van der Waals surface area (Å²) >= 11 is 0. The van der Waals surface area contributed by atoms with Crippen LogP contribution in [0, 0.1) is 0 Å². The van der Waals surface area contributed by atoms with Crippen molar-refractivity contribution in [2.45, 2.75) is 12.2 Å². The lowest BCUT2D eigenvalue weighted by Gasteiger charge is -2.21. The van der Waals surface area contributed by atoms with Gasteiger partial charge in [-0.1, -0.05) is 12.1 Å². The van der Waals surface area contributed by atoms with E-state index in [4.69, 9.17) is 5.11 Å². The van der Waals surface area contributed by atoms with Gasteiger partial charge in [-0.2, -0.15) is 13.2 Å². The molecule has 0 bridgehead atoms. The number of alkyl halides is 3. The van der Waals surface area contributed by atoms with Gasteiger partial charge >= 0.3 is 12.3 Å². The average molecular weight is 340 g/mol. The van der Waals surface area contributed by atoms with Crippen LogP contribution in [0.4, 0.5) is 18.0 Å². The third kappa shape index (κ3) is 4.88. The first-order valence-electron chi connectivity index (χ1n) is 6.00. The molecular formula is C12H15F3N2O4S. The summed E-state index contributed by atoms with van der Waals surface area (Å²) in [5, 5.41) is 10.7. The molecule has 0 heterocycles. The number of rotatable bonds is 5. The predicted molar refractivity (Wildman–Crippen MR) is 72.8 cm³/mol. The summed E-state index contributed by atoms with van der Waals surface area (Å²) in [5.74, 6) is -0.687. The van der Waals surface area contributed by atoms with Crippen molar-refractivity contribution in [2.24, 2.45) is 0 Å². The smallest absolute Gasteiger partial charge is 0.416 e. The van der Waals surface area contributed by atoms with Gasteiger partial charge < -0.3 is 10.4 Å². The number of benzene rings is 1. The van der Waals surface area contributed by atoms with E-state index in [-0.39, 0.29) is 5.56 Å². The van der Waals surface area contributed by atoms with E-state index < -0.39 is 39.7 Å². The fourth-order valence-corrected chi connectivity index (χ4v) is 2.66. The van der Waals surface area contributed by atoms with Crippen molar-refractivity contribution >= 4 is 16.1 Å². The van der Waals surface area contributed by atoms with Crippen molar-refractivity contribution in [3.05, 3.63) is 35.4 Å². The van der Waals surface area contributed by atoms with E-state index in [9.17, 15) is 26.4 Å². The van der Waals surface area contributed by atoms with Crippen LogP contribution in [0.25, 0.3) is 0 Å². The predicted octanol–water partition coefficient (Wildman–Crippen LogP) is 1.91. The molecule has 0 fully saturated rings. The van der Waals surface area contributed by atoms with Crippen LogP contribution in [0.1, 0.15) is 17.2 Å². The molecule has 1 aromatic rings. The van der Waals surface area contributed by atoms with Crippen molar-refractivity contribution in [3.8, 4) is 0 Å². The van der Waals surface area contributed by atoms with Gasteiger partial charge in [0.25, 0.3) is 0 Å². The third-order valence-electron chi connectivity index (χ3n) is 2.85. The molecule has 2 N–H and O–H groups in total. The summed E-state index contributed by atoms with van der Waals surface area (Å²) in [6.07, 6.45) is -6.14. The summed E-state index contributed by atoms with van der Waals surface area (Å²) < 4.78 is 62.7. The molecule has 0 saturated carbocycles. The summed E-state index contributed by atoms with van der Waals surface area (Å²) in [6.45, 7) is 0. The van der Waals surface area contributed by atoms with Gasteiger partial charge in [-0.05, 0) is 17.7 Å². The lowest BCUT2D eigenvalue weighted by Crippen LogP contribution is -2.36. The van der Waals surface area contributed by atoms with Crippen LogP contribution >= 0.6 is 0 Å². The second-order valence-electron chi connectivity index (χ2n) is 4.69. The molecule has 0 aromatic heterocycles. The third-order valence-corrected chi connectivity index (χ3v) is 4.71. The molecule has 22 heavy (non-hydrogen) atoms. The van der Waals surface area contributed by atoms with Crippen LogP contribution in [0.2, 0.25) is 0 Å². The van der Waals surface area contributed by atoms with Crippen LogP contribution in [-0.2, 0) is 16.2 Å². The Morgan fingerprint density at radius 2 is 1.95 bits per heavy atom. The first-order chi connectivity index (χ1) is 9.93. The molecule has 0 aliphatic heterocycles. The fourth-order valence-electron chi connectivity index (χ4n) is 1.66. The molecule has 1 atom stereocenters. The normalized spacial score (nSPS) is 13.9. The molecule has 1 unspecified atom stereocenters. The van der Waals surface area contributed by atoms with Gasteiger partial charge in [0.1, 0.15) is 0 Å². The van der Waals surface area contributed by atoms with E-state index >= 15 is 0 Å². The Morgan fingerprint density at radius 3 is 2.41 bits per heavy atom. The van der Waals surface area contributed by atoms with Gasteiger partial charge in [-0.3, -0.25) is 0 Å². The van der Waals surface area contributed by atoms with Gasteiger partial charge in [0, 0.05) is 14.1 Å². The van der Waals surface area contributed by atoms with Crippen LogP contribution in [0.5, 0.6) is 0 Å².